The molecule has 0 fully saturated rings. The Morgan fingerprint density at radius 1 is 0.667 bits per heavy atom. The molecule has 2 atom stereocenters. The monoisotopic (exact) mass is 474 g/mol. The second kappa shape index (κ2) is 23.5. The van der Waals surface area contributed by atoms with Crippen molar-refractivity contribution in [2.75, 3.05) is 52.9 Å². The minimum atomic E-state index is 0.0528. The minimum Gasteiger partial charge on any atom is -0.394 e. The first-order chi connectivity index (χ1) is 15.9. The lowest BCUT2D eigenvalue weighted by atomic mass is 9.83. The van der Waals surface area contributed by atoms with Gasteiger partial charge in [-0.2, -0.15) is 0 Å². The molecule has 0 spiro atoms. The lowest BCUT2D eigenvalue weighted by molar-refractivity contribution is -0.0462. The largest absolute Gasteiger partial charge is 0.394 e. The normalized spacial score (nSPS) is 14.0. The van der Waals surface area contributed by atoms with E-state index in [0.717, 1.165) is 19.4 Å². The second-order valence-corrected chi connectivity index (χ2v) is 10.8. The number of ether oxygens (including phenoxy) is 4. The third-order valence-corrected chi connectivity index (χ3v) is 5.76. The van der Waals surface area contributed by atoms with Gasteiger partial charge in [-0.15, -0.1) is 0 Å². The van der Waals surface area contributed by atoms with Gasteiger partial charge >= 0.3 is 0 Å². The van der Waals surface area contributed by atoms with Crippen LogP contribution in [0.3, 0.4) is 0 Å². The Bertz CT molecular complexity index is 383. The summed E-state index contributed by atoms with van der Waals surface area (Å²) in [6, 6.07) is 0. The fraction of sp³-hybridized carbons (Fsp3) is 1.00. The molecule has 0 aromatic rings. The van der Waals surface area contributed by atoms with Crippen molar-refractivity contribution >= 4 is 0 Å². The summed E-state index contributed by atoms with van der Waals surface area (Å²) in [5, 5.41) is 8.68. The Labute approximate surface area is 206 Å². The van der Waals surface area contributed by atoms with Crippen LogP contribution in [0, 0.1) is 11.3 Å². The highest BCUT2D eigenvalue weighted by Gasteiger charge is 2.20. The van der Waals surface area contributed by atoms with E-state index in [0.29, 0.717) is 51.0 Å². The predicted molar refractivity (Wildman–Crippen MR) is 139 cm³/mol. The van der Waals surface area contributed by atoms with E-state index in [1.807, 2.05) is 0 Å². The van der Waals surface area contributed by atoms with Crippen molar-refractivity contribution in [1.29, 1.82) is 0 Å². The van der Waals surface area contributed by atoms with E-state index < -0.39 is 0 Å². The summed E-state index contributed by atoms with van der Waals surface area (Å²) in [4.78, 5) is 0. The lowest BCUT2D eigenvalue weighted by Crippen LogP contribution is -2.26. The van der Waals surface area contributed by atoms with E-state index in [2.05, 4.69) is 34.6 Å². The summed E-state index contributed by atoms with van der Waals surface area (Å²) in [6.07, 6.45) is 15.9. The van der Waals surface area contributed by atoms with Crippen molar-refractivity contribution < 1.29 is 24.1 Å². The van der Waals surface area contributed by atoms with Gasteiger partial charge in [0.25, 0.3) is 0 Å². The first kappa shape index (κ1) is 32.8. The summed E-state index contributed by atoms with van der Waals surface area (Å²) in [7, 11) is 0. The van der Waals surface area contributed by atoms with Crippen LogP contribution in [-0.4, -0.2) is 64.1 Å². The highest BCUT2D eigenvalue weighted by atomic mass is 16.6. The van der Waals surface area contributed by atoms with Crippen LogP contribution in [0.25, 0.3) is 0 Å². The highest BCUT2D eigenvalue weighted by molar-refractivity contribution is 4.70. The molecule has 0 aromatic carbocycles. The van der Waals surface area contributed by atoms with Crippen molar-refractivity contribution in [1.82, 2.24) is 0 Å². The number of rotatable bonds is 25. The number of hydrogen-bond acceptors (Lipinski definition) is 5. The van der Waals surface area contributed by atoms with Crippen molar-refractivity contribution in [3.63, 3.8) is 0 Å². The molecule has 5 nitrogen and oxygen atoms in total. The maximum absolute atomic E-state index is 8.68. The average Bonchev–Trinajstić information content (AvgIpc) is 2.74. The molecule has 0 amide bonds. The quantitative estimate of drug-likeness (QED) is 0.148. The zero-order valence-electron chi connectivity index (χ0n) is 22.9. The van der Waals surface area contributed by atoms with Gasteiger partial charge in [0.15, 0.2) is 0 Å². The maximum atomic E-state index is 8.68. The molecule has 0 aliphatic rings. The highest BCUT2D eigenvalue weighted by Crippen LogP contribution is 2.27. The van der Waals surface area contributed by atoms with Crippen molar-refractivity contribution in [3.8, 4) is 0 Å². The molecule has 200 valence electrons. The lowest BCUT2D eigenvalue weighted by Gasteiger charge is -2.27. The molecule has 0 rings (SSSR count). The van der Waals surface area contributed by atoms with E-state index in [1.165, 1.54) is 64.2 Å². The van der Waals surface area contributed by atoms with Crippen molar-refractivity contribution in [2.45, 2.75) is 118 Å². The molecule has 0 aromatic heterocycles. The zero-order valence-corrected chi connectivity index (χ0v) is 22.9. The summed E-state index contributed by atoms with van der Waals surface area (Å²) < 4.78 is 22.8. The first-order valence-corrected chi connectivity index (χ1v) is 13.8. The van der Waals surface area contributed by atoms with E-state index in [1.54, 1.807) is 0 Å². The van der Waals surface area contributed by atoms with Crippen LogP contribution in [0.5, 0.6) is 0 Å². The van der Waals surface area contributed by atoms with Gasteiger partial charge in [0.05, 0.1) is 52.4 Å². The van der Waals surface area contributed by atoms with Gasteiger partial charge in [-0.05, 0) is 30.6 Å². The van der Waals surface area contributed by atoms with Crippen molar-refractivity contribution in [3.05, 3.63) is 0 Å². The van der Waals surface area contributed by atoms with Crippen LogP contribution in [0.4, 0.5) is 0 Å². The topological polar surface area (TPSA) is 57.2 Å². The summed E-state index contributed by atoms with van der Waals surface area (Å²) in [5.74, 6) is 0.617. The Balaban J connectivity index is 3.96. The van der Waals surface area contributed by atoms with Crippen LogP contribution >= 0.6 is 0 Å². The van der Waals surface area contributed by atoms with Gasteiger partial charge < -0.3 is 24.1 Å². The average molecular weight is 475 g/mol. The van der Waals surface area contributed by atoms with Gasteiger partial charge in [0.2, 0.25) is 0 Å². The van der Waals surface area contributed by atoms with Crippen molar-refractivity contribution in [2.24, 2.45) is 11.3 Å². The molecule has 0 saturated carbocycles. The third-order valence-electron chi connectivity index (χ3n) is 5.76. The number of hydrogen-bond donors (Lipinski definition) is 1. The summed E-state index contributed by atoms with van der Waals surface area (Å²) in [6.45, 7) is 15.6. The molecule has 0 radical (unpaired) electrons. The van der Waals surface area contributed by atoms with Gasteiger partial charge in [0.1, 0.15) is 0 Å². The molecule has 0 bridgehead atoms. The number of aliphatic hydroxyl groups excluding tert-OH is 1. The first-order valence-electron chi connectivity index (χ1n) is 13.8. The molecule has 33 heavy (non-hydrogen) atoms. The molecule has 2 unspecified atom stereocenters. The molecule has 0 aliphatic heterocycles. The van der Waals surface area contributed by atoms with E-state index in [-0.39, 0.29) is 12.7 Å². The molecular formula is C28H58O5. The molecule has 1 N–H and O–H groups in total. The molecular weight excluding hydrogens is 416 g/mol. The SMILES string of the molecule is CCCCCCCCCCCCOC(COCCOCCOCCO)CC(C)CC(C)(C)C. The van der Waals surface area contributed by atoms with Crippen LogP contribution in [0.2, 0.25) is 0 Å². The Morgan fingerprint density at radius 3 is 1.73 bits per heavy atom. The number of unbranched alkanes of at least 4 members (excludes halogenated alkanes) is 9. The maximum Gasteiger partial charge on any atom is 0.0811 e. The Kier molecular flexibility index (Phi) is 23.4. The predicted octanol–water partition coefficient (Wildman–Crippen LogP) is 6.80. The van der Waals surface area contributed by atoms with Gasteiger partial charge in [0, 0.05) is 6.61 Å². The zero-order chi connectivity index (χ0) is 24.6. The van der Waals surface area contributed by atoms with E-state index in [4.69, 9.17) is 24.1 Å². The van der Waals surface area contributed by atoms with Gasteiger partial charge in [-0.3, -0.25) is 0 Å². The minimum absolute atomic E-state index is 0.0528. The van der Waals surface area contributed by atoms with Crippen LogP contribution < -0.4 is 0 Å². The second-order valence-electron chi connectivity index (χ2n) is 10.8. The van der Waals surface area contributed by atoms with E-state index >= 15 is 0 Å². The fourth-order valence-electron chi connectivity index (χ4n) is 4.32. The fourth-order valence-corrected chi connectivity index (χ4v) is 4.32. The molecule has 0 aliphatic carbocycles. The smallest absolute Gasteiger partial charge is 0.0811 e. The summed E-state index contributed by atoms with van der Waals surface area (Å²) in [5.41, 5.74) is 0.341. The standard InChI is InChI=1S/C28H58O5/c1-6-7-8-9-10-11-12-13-14-15-17-33-27(23-26(2)24-28(3,4)5)25-32-22-21-31-20-19-30-18-16-29/h26-27,29H,6-25H2,1-5H3. The Hall–Kier alpha value is -0.200. The van der Waals surface area contributed by atoms with Crippen LogP contribution in [0.1, 0.15) is 112 Å². The molecule has 0 saturated heterocycles. The van der Waals surface area contributed by atoms with E-state index in [9.17, 15) is 0 Å². The summed E-state index contributed by atoms with van der Waals surface area (Å²) >= 11 is 0. The van der Waals surface area contributed by atoms with Gasteiger partial charge in [-0.1, -0.05) is 92.4 Å². The molecule has 5 heteroatoms. The number of aliphatic hydroxyl groups is 1. The van der Waals surface area contributed by atoms with Crippen LogP contribution in [0.15, 0.2) is 0 Å². The Morgan fingerprint density at radius 2 is 1.18 bits per heavy atom. The van der Waals surface area contributed by atoms with Crippen LogP contribution in [-0.2, 0) is 18.9 Å². The third kappa shape index (κ3) is 26.2. The molecule has 0 heterocycles. The van der Waals surface area contributed by atoms with Gasteiger partial charge in [-0.25, -0.2) is 0 Å².